The standard InChI is InChI=1S/C32H33F2N3O5/c1-2-17-38-19-21-40-23-24-41-22-20-39-18-16-37-25-31(35-36-37)32(26-8-12-28(33)13-9-26,27-10-14-29(34)15-11-27)42-30-6-4-3-5-7-30/h1,3-15,25H,16-24H2. The Morgan fingerprint density at radius 1 is 0.690 bits per heavy atom. The van der Waals surface area contributed by atoms with Gasteiger partial charge < -0.3 is 23.7 Å². The molecule has 0 aliphatic heterocycles. The molecule has 4 aromatic rings. The lowest BCUT2D eigenvalue weighted by Gasteiger charge is -2.34. The van der Waals surface area contributed by atoms with Crippen LogP contribution in [0.25, 0.3) is 0 Å². The van der Waals surface area contributed by atoms with Crippen LogP contribution < -0.4 is 4.74 Å². The fourth-order valence-corrected chi connectivity index (χ4v) is 4.18. The van der Waals surface area contributed by atoms with Gasteiger partial charge in [-0.1, -0.05) is 53.6 Å². The van der Waals surface area contributed by atoms with Crippen LogP contribution in [-0.2, 0) is 31.1 Å². The van der Waals surface area contributed by atoms with Gasteiger partial charge in [0, 0.05) is 11.1 Å². The molecule has 0 atom stereocenters. The van der Waals surface area contributed by atoms with Crippen molar-refractivity contribution in [3.05, 3.63) is 114 Å². The third kappa shape index (κ3) is 8.68. The first-order chi connectivity index (χ1) is 20.6. The van der Waals surface area contributed by atoms with Crippen molar-refractivity contribution in [1.82, 2.24) is 15.0 Å². The number of rotatable bonds is 18. The molecule has 0 spiro atoms. The van der Waals surface area contributed by atoms with E-state index in [4.69, 9.17) is 30.1 Å². The Hall–Kier alpha value is -4.14. The maximum Gasteiger partial charge on any atom is 0.204 e. The molecule has 0 radical (unpaired) electrons. The highest BCUT2D eigenvalue weighted by Crippen LogP contribution is 2.40. The van der Waals surface area contributed by atoms with Crippen LogP contribution in [0.15, 0.2) is 85.1 Å². The van der Waals surface area contributed by atoms with Crippen molar-refractivity contribution in [1.29, 1.82) is 0 Å². The van der Waals surface area contributed by atoms with Gasteiger partial charge in [0.25, 0.3) is 0 Å². The van der Waals surface area contributed by atoms with Gasteiger partial charge in [0.05, 0.1) is 59.0 Å². The van der Waals surface area contributed by atoms with Crippen LogP contribution in [-0.4, -0.2) is 67.8 Å². The van der Waals surface area contributed by atoms with Gasteiger partial charge in [0.15, 0.2) is 0 Å². The van der Waals surface area contributed by atoms with Crippen molar-refractivity contribution >= 4 is 0 Å². The first-order valence-electron chi connectivity index (χ1n) is 13.5. The maximum atomic E-state index is 14.0. The summed E-state index contributed by atoms with van der Waals surface area (Å²) in [5, 5.41) is 8.74. The molecule has 3 aromatic carbocycles. The number of terminal acetylenes is 1. The first-order valence-corrected chi connectivity index (χ1v) is 13.5. The molecule has 0 bridgehead atoms. The van der Waals surface area contributed by atoms with Crippen LogP contribution in [0.3, 0.4) is 0 Å². The summed E-state index contributed by atoms with van der Waals surface area (Å²) in [6.45, 7) is 3.69. The molecule has 0 N–H and O–H groups in total. The number of nitrogens with zero attached hydrogens (tertiary/aromatic N) is 3. The van der Waals surface area contributed by atoms with E-state index >= 15 is 0 Å². The number of benzene rings is 3. The molecule has 4 rings (SSSR count). The summed E-state index contributed by atoms with van der Waals surface area (Å²) in [7, 11) is 0. The number of ether oxygens (including phenoxy) is 5. The van der Waals surface area contributed by atoms with Gasteiger partial charge in [-0.05, 0) is 36.4 Å². The fraction of sp³-hybridized carbons (Fsp3) is 0.312. The lowest BCUT2D eigenvalue weighted by Crippen LogP contribution is -2.36. The van der Waals surface area contributed by atoms with E-state index in [1.165, 1.54) is 24.3 Å². The second-order valence-electron chi connectivity index (χ2n) is 9.07. The third-order valence-corrected chi connectivity index (χ3v) is 6.18. The zero-order valence-electron chi connectivity index (χ0n) is 23.2. The first kappa shape index (κ1) is 30.8. The summed E-state index contributed by atoms with van der Waals surface area (Å²) in [6.07, 6.45) is 6.86. The maximum absolute atomic E-state index is 14.0. The number of hydrogen-bond acceptors (Lipinski definition) is 7. The molecule has 1 heterocycles. The topological polar surface area (TPSA) is 76.9 Å². The van der Waals surface area contributed by atoms with E-state index < -0.39 is 17.2 Å². The second kappa shape index (κ2) is 16.3. The second-order valence-corrected chi connectivity index (χ2v) is 9.07. The van der Waals surface area contributed by atoms with Crippen LogP contribution in [0.4, 0.5) is 8.78 Å². The lowest BCUT2D eigenvalue weighted by molar-refractivity contribution is 0.000195. The molecule has 0 amide bonds. The molecule has 42 heavy (non-hydrogen) atoms. The van der Waals surface area contributed by atoms with Crippen LogP contribution in [0.2, 0.25) is 0 Å². The van der Waals surface area contributed by atoms with E-state index in [1.807, 2.05) is 30.3 Å². The molecule has 8 nitrogen and oxygen atoms in total. The summed E-state index contributed by atoms with van der Waals surface area (Å²) in [4.78, 5) is 0. The van der Waals surface area contributed by atoms with Crippen molar-refractivity contribution in [3.63, 3.8) is 0 Å². The average Bonchev–Trinajstić information content (AvgIpc) is 3.49. The summed E-state index contributed by atoms with van der Waals surface area (Å²) < 4.78 is 57.9. The molecule has 220 valence electrons. The Morgan fingerprint density at radius 2 is 1.21 bits per heavy atom. The van der Waals surface area contributed by atoms with Crippen molar-refractivity contribution in [3.8, 4) is 18.1 Å². The monoisotopic (exact) mass is 577 g/mol. The van der Waals surface area contributed by atoms with Gasteiger partial charge in [0.1, 0.15) is 29.7 Å². The molecule has 0 saturated carbocycles. The minimum Gasteiger partial charge on any atom is -0.471 e. The average molecular weight is 578 g/mol. The molecule has 0 unspecified atom stereocenters. The van der Waals surface area contributed by atoms with Gasteiger partial charge in [-0.25, -0.2) is 13.5 Å². The van der Waals surface area contributed by atoms with Crippen LogP contribution in [0.1, 0.15) is 16.8 Å². The van der Waals surface area contributed by atoms with Gasteiger partial charge in [0.2, 0.25) is 5.60 Å². The lowest BCUT2D eigenvalue weighted by atomic mass is 9.83. The van der Waals surface area contributed by atoms with E-state index in [9.17, 15) is 8.78 Å². The van der Waals surface area contributed by atoms with Gasteiger partial charge in [-0.2, -0.15) is 0 Å². The molecule has 10 heteroatoms. The third-order valence-electron chi connectivity index (χ3n) is 6.18. The molecule has 0 fully saturated rings. The fourth-order valence-electron chi connectivity index (χ4n) is 4.18. The normalized spacial score (nSPS) is 11.4. The largest absolute Gasteiger partial charge is 0.471 e. The number of hydrogen-bond donors (Lipinski definition) is 0. The van der Waals surface area contributed by atoms with Crippen molar-refractivity contribution in [2.75, 3.05) is 52.9 Å². The van der Waals surface area contributed by atoms with Crippen molar-refractivity contribution in [2.24, 2.45) is 0 Å². The van der Waals surface area contributed by atoms with Gasteiger partial charge >= 0.3 is 0 Å². The minimum atomic E-state index is -1.34. The predicted molar refractivity (Wildman–Crippen MR) is 152 cm³/mol. The minimum absolute atomic E-state index is 0.276. The quantitative estimate of drug-likeness (QED) is 0.126. The molecular formula is C32H33F2N3O5. The molecule has 0 saturated heterocycles. The number of halogens is 2. The van der Waals surface area contributed by atoms with E-state index in [0.29, 0.717) is 75.4 Å². The summed E-state index contributed by atoms with van der Waals surface area (Å²) in [5.41, 5.74) is 0.302. The van der Waals surface area contributed by atoms with Crippen LogP contribution >= 0.6 is 0 Å². The highest BCUT2D eigenvalue weighted by Gasteiger charge is 2.42. The Labute approximate surface area is 244 Å². The predicted octanol–water partition coefficient (Wildman–Crippen LogP) is 4.63. The van der Waals surface area contributed by atoms with E-state index in [2.05, 4.69) is 16.2 Å². The van der Waals surface area contributed by atoms with E-state index in [0.717, 1.165) is 0 Å². The molecule has 0 aliphatic rings. The summed E-state index contributed by atoms with van der Waals surface area (Å²) >= 11 is 0. The Kier molecular flexibility index (Phi) is 12.0. The van der Waals surface area contributed by atoms with E-state index in [-0.39, 0.29) is 6.61 Å². The Bertz CT molecular complexity index is 1330. The Balaban J connectivity index is 1.40. The number of para-hydroxylation sites is 1. The smallest absolute Gasteiger partial charge is 0.204 e. The van der Waals surface area contributed by atoms with Crippen LogP contribution in [0, 0.1) is 24.0 Å². The molecule has 1 aromatic heterocycles. The Morgan fingerprint density at radius 3 is 1.76 bits per heavy atom. The zero-order valence-corrected chi connectivity index (χ0v) is 23.2. The molecular weight excluding hydrogens is 544 g/mol. The van der Waals surface area contributed by atoms with Crippen molar-refractivity contribution in [2.45, 2.75) is 12.1 Å². The SMILES string of the molecule is C#CCOCCOCCOCCOCCn1cc(C(Oc2ccccc2)(c2ccc(F)cc2)c2ccc(F)cc2)nn1. The molecule has 0 aliphatic carbocycles. The zero-order chi connectivity index (χ0) is 29.5. The highest BCUT2D eigenvalue weighted by atomic mass is 19.1. The summed E-state index contributed by atoms with van der Waals surface area (Å²) in [6, 6.07) is 21.1. The summed E-state index contributed by atoms with van der Waals surface area (Å²) in [5.74, 6) is 2.15. The van der Waals surface area contributed by atoms with Crippen LogP contribution in [0.5, 0.6) is 5.75 Å². The van der Waals surface area contributed by atoms with Gasteiger partial charge in [-0.3, -0.25) is 0 Å². The van der Waals surface area contributed by atoms with Gasteiger partial charge in [-0.15, -0.1) is 11.5 Å². The number of aromatic nitrogens is 3. The van der Waals surface area contributed by atoms with E-state index in [1.54, 1.807) is 35.1 Å². The highest BCUT2D eigenvalue weighted by molar-refractivity contribution is 5.46. The van der Waals surface area contributed by atoms with Crippen molar-refractivity contribution < 1.29 is 32.5 Å².